The van der Waals surface area contributed by atoms with Crippen LogP contribution >= 0.6 is 0 Å². The van der Waals surface area contributed by atoms with Crippen LogP contribution in [0, 0.1) is 0 Å². The zero-order chi connectivity index (χ0) is 12.3. The largest absolute Gasteiger partial charge is 0.466 e. The number of hydrogen-bond acceptors (Lipinski definition) is 2. The highest BCUT2D eigenvalue weighted by atomic mass is 19.4. The predicted octanol–water partition coefficient (Wildman–Crippen LogP) is 2.60. The van der Waals surface area contributed by atoms with Crippen molar-refractivity contribution in [1.82, 2.24) is 0 Å². The molecular formula is C7H6F6O2. The lowest BCUT2D eigenvalue weighted by Crippen LogP contribution is -2.50. The van der Waals surface area contributed by atoms with Gasteiger partial charge in [-0.1, -0.05) is 6.08 Å². The molecule has 0 unspecified atom stereocenters. The Labute approximate surface area is 80.5 Å². The third kappa shape index (κ3) is 3.14. The number of hydrogen-bond donors (Lipinski definition) is 0. The van der Waals surface area contributed by atoms with Crippen molar-refractivity contribution in [3.63, 3.8) is 0 Å². The molecule has 0 aromatic heterocycles. The van der Waals surface area contributed by atoms with E-state index in [1.165, 1.54) is 6.92 Å². The Balaban J connectivity index is 4.91. The summed E-state index contributed by atoms with van der Waals surface area (Å²) in [5.41, 5.74) is 0. The molecule has 0 heterocycles. The first kappa shape index (κ1) is 13.8. The van der Waals surface area contributed by atoms with Gasteiger partial charge in [0.05, 0.1) is 0 Å². The Bertz CT molecular complexity index is 259. The minimum absolute atomic E-state index is 0.391. The standard InChI is InChI=1S/C7H6F6O2/c1-2-3-4(14)15-6(10,5(8)9)7(11,12)13/h2-3,5H,1H3/b3-2+/t6-/m0/s1. The summed E-state index contributed by atoms with van der Waals surface area (Å²) < 4.78 is 74.6. The van der Waals surface area contributed by atoms with Gasteiger partial charge in [0.25, 0.3) is 0 Å². The van der Waals surface area contributed by atoms with Gasteiger partial charge < -0.3 is 4.74 Å². The van der Waals surface area contributed by atoms with Gasteiger partial charge in [0, 0.05) is 6.08 Å². The molecule has 0 aromatic carbocycles. The van der Waals surface area contributed by atoms with Gasteiger partial charge in [0.1, 0.15) is 0 Å². The molecule has 2 nitrogen and oxygen atoms in total. The average molecular weight is 236 g/mol. The first-order valence-corrected chi connectivity index (χ1v) is 3.54. The summed E-state index contributed by atoms with van der Waals surface area (Å²) >= 11 is 0. The molecular weight excluding hydrogens is 230 g/mol. The van der Waals surface area contributed by atoms with Crippen LogP contribution in [0.4, 0.5) is 26.3 Å². The lowest BCUT2D eigenvalue weighted by atomic mass is 10.3. The van der Waals surface area contributed by atoms with Crippen molar-refractivity contribution in [3.8, 4) is 0 Å². The Morgan fingerprint density at radius 3 is 2.00 bits per heavy atom. The van der Waals surface area contributed by atoms with Gasteiger partial charge in [0.2, 0.25) is 0 Å². The summed E-state index contributed by atoms with van der Waals surface area (Å²) in [6.07, 6.45) is -9.18. The normalized spacial score (nSPS) is 16.8. The molecule has 0 aliphatic heterocycles. The number of allylic oxidation sites excluding steroid dienone is 1. The van der Waals surface area contributed by atoms with Crippen molar-refractivity contribution >= 4 is 5.97 Å². The average Bonchev–Trinajstić information content (AvgIpc) is 2.01. The van der Waals surface area contributed by atoms with Crippen LogP contribution in [0.2, 0.25) is 0 Å². The van der Waals surface area contributed by atoms with E-state index < -0.39 is 24.4 Å². The fraction of sp³-hybridized carbons (Fsp3) is 0.571. The molecule has 88 valence electrons. The second-order valence-corrected chi connectivity index (χ2v) is 2.36. The Kier molecular flexibility index (Phi) is 4.17. The van der Waals surface area contributed by atoms with Gasteiger partial charge in [-0.05, 0) is 6.92 Å². The lowest BCUT2D eigenvalue weighted by molar-refractivity contribution is -0.354. The van der Waals surface area contributed by atoms with E-state index in [1.54, 1.807) is 0 Å². The predicted molar refractivity (Wildman–Crippen MR) is 36.8 cm³/mol. The fourth-order valence-electron chi connectivity index (χ4n) is 0.543. The molecule has 0 spiro atoms. The van der Waals surface area contributed by atoms with Gasteiger partial charge in [-0.3, -0.25) is 0 Å². The molecule has 0 aromatic rings. The van der Waals surface area contributed by atoms with Gasteiger partial charge in [-0.15, -0.1) is 0 Å². The number of ether oxygens (including phenoxy) is 1. The van der Waals surface area contributed by atoms with Crippen molar-refractivity contribution in [2.24, 2.45) is 0 Å². The Morgan fingerprint density at radius 2 is 1.73 bits per heavy atom. The molecule has 1 atom stereocenters. The first-order chi connectivity index (χ1) is 6.65. The van der Waals surface area contributed by atoms with Crippen LogP contribution in [-0.4, -0.2) is 24.4 Å². The third-order valence-electron chi connectivity index (χ3n) is 1.22. The van der Waals surface area contributed by atoms with Gasteiger partial charge >= 0.3 is 24.4 Å². The van der Waals surface area contributed by atoms with E-state index in [0.29, 0.717) is 6.08 Å². The number of alkyl halides is 6. The zero-order valence-electron chi connectivity index (χ0n) is 7.32. The summed E-state index contributed by atoms with van der Waals surface area (Å²) in [7, 11) is 0. The van der Waals surface area contributed by atoms with Crippen molar-refractivity contribution in [3.05, 3.63) is 12.2 Å². The highest BCUT2D eigenvalue weighted by molar-refractivity contribution is 5.82. The highest BCUT2D eigenvalue weighted by Gasteiger charge is 2.66. The van der Waals surface area contributed by atoms with Crippen LogP contribution < -0.4 is 0 Å². The molecule has 0 bridgehead atoms. The molecule has 0 aliphatic rings. The van der Waals surface area contributed by atoms with Crippen molar-refractivity contribution in [2.75, 3.05) is 0 Å². The van der Waals surface area contributed by atoms with E-state index in [-0.39, 0.29) is 0 Å². The van der Waals surface area contributed by atoms with Crippen LogP contribution in [0.15, 0.2) is 12.2 Å². The maximum atomic E-state index is 12.6. The molecule has 0 fully saturated rings. The fourth-order valence-corrected chi connectivity index (χ4v) is 0.543. The van der Waals surface area contributed by atoms with Crippen LogP contribution in [0.25, 0.3) is 0 Å². The SMILES string of the molecule is C/C=C/C(=O)O[C@@](F)(C(F)F)C(F)(F)F. The van der Waals surface area contributed by atoms with E-state index in [9.17, 15) is 31.1 Å². The van der Waals surface area contributed by atoms with Crippen LogP contribution in [0.5, 0.6) is 0 Å². The van der Waals surface area contributed by atoms with Crippen LogP contribution in [0.3, 0.4) is 0 Å². The maximum Gasteiger partial charge on any atom is 0.466 e. The molecule has 0 radical (unpaired) electrons. The molecule has 0 amide bonds. The van der Waals surface area contributed by atoms with E-state index in [1.807, 2.05) is 0 Å². The first-order valence-electron chi connectivity index (χ1n) is 3.54. The minimum atomic E-state index is -5.99. The van der Waals surface area contributed by atoms with E-state index in [2.05, 4.69) is 4.74 Å². The summed E-state index contributed by atoms with van der Waals surface area (Å²) in [5.74, 6) is -7.11. The number of esters is 1. The molecule has 0 saturated carbocycles. The van der Waals surface area contributed by atoms with Crippen LogP contribution in [0.1, 0.15) is 6.92 Å². The molecule has 0 saturated heterocycles. The lowest BCUT2D eigenvalue weighted by Gasteiger charge is -2.25. The highest BCUT2D eigenvalue weighted by Crippen LogP contribution is 2.39. The topological polar surface area (TPSA) is 26.3 Å². The van der Waals surface area contributed by atoms with Gasteiger partial charge in [-0.2, -0.15) is 17.6 Å². The summed E-state index contributed by atoms with van der Waals surface area (Å²) in [6.45, 7) is 1.22. The smallest absolute Gasteiger partial charge is 0.412 e. The van der Waals surface area contributed by atoms with Crippen molar-refractivity contribution in [1.29, 1.82) is 0 Å². The molecule has 0 aliphatic carbocycles. The summed E-state index contributed by atoms with van der Waals surface area (Å²) in [5, 5.41) is 0. The van der Waals surface area contributed by atoms with E-state index in [0.717, 1.165) is 6.08 Å². The van der Waals surface area contributed by atoms with Gasteiger partial charge in [-0.25, -0.2) is 13.6 Å². The minimum Gasteiger partial charge on any atom is -0.412 e. The number of rotatable bonds is 3. The molecule has 8 heteroatoms. The van der Waals surface area contributed by atoms with Crippen molar-refractivity contribution in [2.45, 2.75) is 25.4 Å². The van der Waals surface area contributed by atoms with Crippen LogP contribution in [-0.2, 0) is 9.53 Å². The summed E-state index contributed by atoms with van der Waals surface area (Å²) in [6, 6.07) is 0. The quantitative estimate of drug-likeness (QED) is 0.427. The van der Waals surface area contributed by atoms with E-state index in [4.69, 9.17) is 0 Å². The monoisotopic (exact) mass is 236 g/mol. The Hall–Kier alpha value is -1.21. The maximum absolute atomic E-state index is 12.6. The van der Waals surface area contributed by atoms with E-state index >= 15 is 0 Å². The second kappa shape index (κ2) is 4.54. The molecule has 0 N–H and O–H groups in total. The second-order valence-electron chi connectivity index (χ2n) is 2.36. The third-order valence-corrected chi connectivity index (χ3v) is 1.22. The zero-order valence-corrected chi connectivity index (χ0v) is 7.32. The number of halogens is 6. The van der Waals surface area contributed by atoms with Crippen molar-refractivity contribution < 1.29 is 35.9 Å². The number of carbonyl (C=O) groups is 1. The Morgan fingerprint density at radius 1 is 1.27 bits per heavy atom. The van der Waals surface area contributed by atoms with Gasteiger partial charge in [0.15, 0.2) is 0 Å². The molecule has 15 heavy (non-hydrogen) atoms. The summed E-state index contributed by atoms with van der Waals surface area (Å²) in [4.78, 5) is 10.4. The number of carbonyl (C=O) groups excluding carboxylic acids is 1. The molecule has 0 rings (SSSR count).